The Morgan fingerprint density at radius 1 is 1.35 bits per heavy atom. The molecule has 0 spiro atoms. The van der Waals surface area contributed by atoms with Crippen molar-refractivity contribution in [3.8, 4) is 17.3 Å². The van der Waals surface area contributed by atoms with E-state index in [1.165, 1.54) is 0 Å². The second-order valence-corrected chi connectivity index (χ2v) is 4.44. The summed E-state index contributed by atoms with van der Waals surface area (Å²) in [5.41, 5.74) is 8.07. The van der Waals surface area contributed by atoms with Crippen molar-refractivity contribution in [2.75, 3.05) is 12.8 Å². The number of methoxy groups -OCH3 is 1. The molecule has 3 rings (SSSR count). The Morgan fingerprint density at radius 3 is 2.85 bits per heavy atom. The second-order valence-electron chi connectivity index (χ2n) is 4.44. The number of anilines is 1. The Labute approximate surface area is 115 Å². The highest BCUT2D eigenvalue weighted by molar-refractivity contribution is 5.82. The van der Waals surface area contributed by atoms with Gasteiger partial charge in [0.1, 0.15) is 5.75 Å². The van der Waals surface area contributed by atoms with Gasteiger partial charge >= 0.3 is 0 Å². The van der Waals surface area contributed by atoms with E-state index in [2.05, 4.69) is 31.4 Å². The van der Waals surface area contributed by atoms with Crippen LogP contribution in [0, 0.1) is 0 Å². The Morgan fingerprint density at radius 2 is 2.20 bits per heavy atom. The number of nitrogen functional groups attached to an aromatic ring is 1. The fourth-order valence-electron chi connectivity index (χ4n) is 2.22. The molecule has 0 unspecified atom stereocenters. The number of aromatic nitrogens is 4. The molecule has 20 heavy (non-hydrogen) atoms. The van der Waals surface area contributed by atoms with Crippen molar-refractivity contribution in [3.05, 3.63) is 18.2 Å². The number of ether oxygens (including phenoxy) is 1. The van der Waals surface area contributed by atoms with Gasteiger partial charge in [-0.2, -0.15) is 0 Å². The van der Waals surface area contributed by atoms with Crippen LogP contribution in [0.15, 0.2) is 22.8 Å². The average molecular weight is 273 g/mol. The first kappa shape index (κ1) is 12.5. The Bertz CT molecular complexity index is 746. The maximum absolute atomic E-state index is 5.77. The molecule has 0 bridgehead atoms. The van der Waals surface area contributed by atoms with E-state index in [0.29, 0.717) is 11.5 Å². The van der Waals surface area contributed by atoms with Gasteiger partial charge in [0.15, 0.2) is 17.3 Å². The molecular formula is C13H15N5O2. The van der Waals surface area contributed by atoms with Gasteiger partial charge in [-0.25, -0.2) is 9.61 Å². The number of nitrogens with two attached hydrogens (primary N) is 1. The molecule has 0 aliphatic heterocycles. The predicted octanol–water partition coefficient (Wildman–Crippen LogP) is 2.09. The summed E-state index contributed by atoms with van der Waals surface area (Å²) in [6.45, 7) is 2.91. The summed E-state index contributed by atoms with van der Waals surface area (Å²) < 4.78 is 12.0. The molecular weight excluding hydrogens is 258 g/mol. The zero-order valence-corrected chi connectivity index (χ0v) is 11.3. The number of nitrogens with zero attached hydrogens (tertiary/aromatic N) is 4. The summed E-state index contributed by atoms with van der Waals surface area (Å²) in [5, 5.41) is 7.45. The lowest BCUT2D eigenvalue weighted by molar-refractivity contribution is 0.310. The molecule has 0 atom stereocenters. The predicted molar refractivity (Wildman–Crippen MR) is 74.3 cm³/mol. The Kier molecular flexibility index (Phi) is 3.02. The molecule has 0 aliphatic rings. The van der Waals surface area contributed by atoms with Crippen molar-refractivity contribution in [3.63, 3.8) is 0 Å². The maximum Gasteiger partial charge on any atom is 0.199 e. The molecule has 0 fully saturated rings. The van der Waals surface area contributed by atoms with Crippen molar-refractivity contribution >= 4 is 16.9 Å². The SMILES string of the molecule is CCCn1c(-c2nonc2N)nc2cc(OC)ccc21. The molecule has 1 aromatic carbocycles. The van der Waals surface area contributed by atoms with Gasteiger partial charge in [0.2, 0.25) is 0 Å². The van der Waals surface area contributed by atoms with Gasteiger partial charge in [0, 0.05) is 12.6 Å². The van der Waals surface area contributed by atoms with Crippen LogP contribution in [-0.4, -0.2) is 27.0 Å². The van der Waals surface area contributed by atoms with Crippen LogP contribution < -0.4 is 10.5 Å². The largest absolute Gasteiger partial charge is 0.497 e. The highest BCUT2D eigenvalue weighted by Crippen LogP contribution is 2.28. The highest BCUT2D eigenvalue weighted by Gasteiger charge is 2.18. The first-order valence-corrected chi connectivity index (χ1v) is 6.37. The number of hydrogen-bond acceptors (Lipinski definition) is 6. The molecule has 2 aromatic heterocycles. The summed E-state index contributed by atoms with van der Waals surface area (Å²) in [6.07, 6.45) is 0.968. The van der Waals surface area contributed by atoms with Gasteiger partial charge in [0.05, 0.1) is 18.1 Å². The minimum Gasteiger partial charge on any atom is -0.497 e. The monoisotopic (exact) mass is 273 g/mol. The van der Waals surface area contributed by atoms with Crippen molar-refractivity contribution in [2.45, 2.75) is 19.9 Å². The van der Waals surface area contributed by atoms with E-state index in [0.717, 1.165) is 29.7 Å². The number of rotatable bonds is 4. The maximum atomic E-state index is 5.77. The van der Waals surface area contributed by atoms with Crippen LogP contribution in [0.1, 0.15) is 13.3 Å². The van der Waals surface area contributed by atoms with E-state index in [-0.39, 0.29) is 5.82 Å². The lowest BCUT2D eigenvalue weighted by Crippen LogP contribution is -2.01. The molecule has 0 saturated carbocycles. The molecule has 2 heterocycles. The number of fused-ring (bicyclic) bond motifs is 1. The first-order valence-electron chi connectivity index (χ1n) is 6.37. The standard InChI is InChI=1S/C13H15N5O2/c1-3-6-18-10-5-4-8(19-2)7-9(10)15-13(18)11-12(14)17-20-16-11/h4-5,7H,3,6H2,1-2H3,(H2,14,17). The lowest BCUT2D eigenvalue weighted by Gasteiger charge is -2.05. The van der Waals surface area contributed by atoms with Crippen LogP contribution in [0.4, 0.5) is 5.82 Å². The van der Waals surface area contributed by atoms with Crippen LogP contribution in [0.3, 0.4) is 0 Å². The van der Waals surface area contributed by atoms with Crippen LogP contribution in [0.25, 0.3) is 22.6 Å². The van der Waals surface area contributed by atoms with Crippen LogP contribution in [0.2, 0.25) is 0 Å². The van der Waals surface area contributed by atoms with Gasteiger partial charge in [0.25, 0.3) is 0 Å². The van der Waals surface area contributed by atoms with E-state index in [4.69, 9.17) is 10.5 Å². The summed E-state index contributed by atoms with van der Waals surface area (Å²) in [6, 6.07) is 5.77. The van der Waals surface area contributed by atoms with Crippen molar-refractivity contribution in [1.29, 1.82) is 0 Å². The van der Waals surface area contributed by atoms with E-state index in [1.54, 1.807) is 7.11 Å². The van der Waals surface area contributed by atoms with E-state index < -0.39 is 0 Å². The van der Waals surface area contributed by atoms with E-state index >= 15 is 0 Å². The third-order valence-corrected chi connectivity index (χ3v) is 3.13. The first-order chi connectivity index (χ1) is 9.74. The molecule has 0 radical (unpaired) electrons. The van der Waals surface area contributed by atoms with Crippen LogP contribution in [0.5, 0.6) is 5.75 Å². The summed E-state index contributed by atoms with van der Waals surface area (Å²) in [4.78, 5) is 4.58. The van der Waals surface area contributed by atoms with E-state index in [1.807, 2.05) is 18.2 Å². The fourth-order valence-corrected chi connectivity index (χ4v) is 2.22. The third-order valence-electron chi connectivity index (χ3n) is 3.13. The molecule has 7 heteroatoms. The van der Waals surface area contributed by atoms with Gasteiger partial charge < -0.3 is 15.0 Å². The van der Waals surface area contributed by atoms with Gasteiger partial charge in [-0.15, -0.1) is 0 Å². The highest BCUT2D eigenvalue weighted by atomic mass is 16.6. The quantitative estimate of drug-likeness (QED) is 0.782. The van der Waals surface area contributed by atoms with Gasteiger partial charge in [-0.3, -0.25) is 0 Å². The molecule has 7 nitrogen and oxygen atoms in total. The van der Waals surface area contributed by atoms with Crippen LogP contribution >= 0.6 is 0 Å². The summed E-state index contributed by atoms with van der Waals surface area (Å²) >= 11 is 0. The van der Waals surface area contributed by atoms with Crippen molar-refractivity contribution in [2.24, 2.45) is 0 Å². The number of aryl methyl sites for hydroxylation is 1. The molecule has 104 valence electrons. The van der Waals surface area contributed by atoms with E-state index in [9.17, 15) is 0 Å². The Balaban J connectivity index is 2.25. The molecule has 0 aliphatic carbocycles. The minimum atomic E-state index is 0.240. The van der Waals surface area contributed by atoms with Crippen LogP contribution in [-0.2, 0) is 6.54 Å². The average Bonchev–Trinajstić information content (AvgIpc) is 3.02. The minimum absolute atomic E-state index is 0.240. The topological polar surface area (TPSA) is 92.0 Å². The van der Waals surface area contributed by atoms with Crippen molar-refractivity contribution < 1.29 is 9.37 Å². The normalized spacial score (nSPS) is 11.1. The Hall–Kier alpha value is -2.57. The summed E-state index contributed by atoms with van der Waals surface area (Å²) in [5.74, 6) is 1.66. The summed E-state index contributed by atoms with van der Waals surface area (Å²) in [7, 11) is 1.63. The fraction of sp³-hybridized carbons (Fsp3) is 0.308. The van der Waals surface area contributed by atoms with Crippen molar-refractivity contribution in [1.82, 2.24) is 19.9 Å². The molecule has 3 aromatic rings. The second kappa shape index (κ2) is 4.84. The zero-order chi connectivity index (χ0) is 14.1. The zero-order valence-electron chi connectivity index (χ0n) is 11.3. The van der Waals surface area contributed by atoms with Gasteiger partial charge in [-0.1, -0.05) is 6.92 Å². The molecule has 0 amide bonds. The molecule has 2 N–H and O–H groups in total. The lowest BCUT2D eigenvalue weighted by atomic mass is 10.3. The third kappa shape index (κ3) is 1.87. The smallest absolute Gasteiger partial charge is 0.199 e. The number of benzene rings is 1. The molecule has 0 saturated heterocycles. The number of hydrogen-bond donors (Lipinski definition) is 1. The van der Waals surface area contributed by atoms with Gasteiger partial charge in [-0.05, 0) is 28.9 Å². The number of imidazole rings is 1.